The summed E-state index contributed by atoms with van der Waals surface area (Å²) in [4.78, 5) is 19.6. The maximum absolute atomic E-state index is 11.3. The van der Waals surface area contributed by atoms with Gasteiger partial charge in [0, 0.05) is 24.2 Å². The van der Waals surface area contributed by atoms with Crippen molar-refractivity contribution in [2.45, 2.75) is 6.42 Å². The van der Waals surface area contributed by atoms with Gasteiger partial charge in [0.1, 0.15) is 11.4 Å². The molecule has 0 amide bonds. The molecule has 6 nitrogen and oxygen atoms in total. The largest absolute Gasteiger partial charge is 0.477 e. The number of anilines is 1. The minimum atomic E-state index is -1.11. The number of aromatic nitrogens is 2. The van der Waals surface area contributed by atoms with Gasteiger partial charge in [0.2, 0.25) is 0 Å². The Labute approximate surface area is 148 Å². The number of carboxylic acids is 1. The maximum Gasteiger partial charge on any atom is 0.354 e. The fraction of sp³-hybridized carbons (Fsp3) is 0.111. The van der Waals surface area contributed by atoms with Gasteiger partial charge in [-0.3, -0.25) is 0 Å². The third-order valence-electron chi connectivity index (χ3n) is 3.81. The zero-order chi connectivity index (χ0) is 17.8. The summed E-state index contributed by atoms with van der Waals surface area (Å²) in [6.07, 6.45) is 1.60. The topological polar surface area (TPSA) is 99.0 Å². The minimum Gasteiger partial charge on any atom is -0.477 e. The van der Waals surface area contributed by atoms with Crippen LogP contribution in [0.1, 0.15) is 27.3 Å². The van der Waals surface area contributed by atoms with Gasteiger partial charge in [-0.05, 0) is 23.6 Å². The van der Waals surface area contributed by atoms with Crippen molar-refractivity contribution in [3.05, 3.63) is 63.7 Å². The number of carboxylic acid groups (broad SMARTS) is 1. The van der Waals surface area contributed by atoms with Gasteiger partial charge in [-0.2, -0.15) is 0 Å². The molecule has 1 aromatic carbocycles. The van der Waals surface area contributed by atoms with Crippen LogP contribution in [0, 0.1) is 5.41 Å². The molecular weight excluding hydrogens is 336 g/mol. The Bertz CT molecular complexity index is 906. The zero-order valence-corrected chi connectivity index (χ0v) is 14.3. The van der Waals surface area contributed by atoms with Gasteiger partial charge < -0.3 is 15.8 Å². The molecule has 0 aliphatic rings. The molecule has 3 rings (SSSR count). The molecule has 0 unspecified atom stereocenters. The van der Waals surface area contributed by atoms with Crippen LogP contribution in [-0.4, -0.2) is 34.3 Å². The third kappa shape index (κ3) is 3.56. The van der Waals surface area contributed by atoms with E-state index in [1.54, 1.807) is 30.0 Å². The van der Waals surface area contributed by atoms with E-state index in [1.807, 2.05) is 29.6 Å². The van der Waals surface area contributed by atoms with Crippen LogP contribution in [0.4, 0.5) is 5.69 Å². The number of carbonyl (C=O) groups is 1. The fourth-order valence-corrected chi connectivity index (χ4v) is 3.19. The van der Waals surface area contributed by atoms with Crippen LogP contribution in [0.3, 0.4) is 0 Å². The van der Waals surface area contributed by atoms with Crippen LogP contribution >= 0.6 is 11.3 Å². The Kier molecular flexibility index (Phi) is 4.85. The number of thiazole rings is 1. The SMILES string of the molecule is CNc1c(Cc2ccc(-c3cscn3)cc2)cc(C(=O)O)nc1C=N. The van der Waals surface area contributed by atoms with E-state index in [9.17, 15) is 9.90 Å². The smallest absolute Gasteiger partial charge is 0.354 e. The van der Waals surface area contributed by atoms with Crippen LogP contribution < -0.4 is 5.32 Å². The molecule has 0 atom stereocenters. The number of hydrogen-bond acceptors (Lipinski definition) is 6. The second-order valence-corrected chi connectivity index (χ2v) is 6.09. The van der Waals surface area contributed by atoms with Crippen molar-refractivity contribution >= 4 is 29.2 Å². The van der Waals surface area contributed by atoms with Gasteiger partial charge in [-0.1, -0.05) is 24.3 Å². The van der Waals surface area contributed by atoms with Gasteiger partial charge in [0.05, 0.1) is 16.9 Å². The van der Waals surface area contributed by atoms with Crippen LogP contribution in [0.2, 0.25) is 0 Å². The summed E-state index contributed by atoms with van der Waals surface area (Å²) in [6.45, 7) is 0. The number of nitrogens with one attached hydrogen (secondary N) is 2. The van der Waals surface area contributed by atoms with Gasteiger partial charge in [-0.15, -0.1) is 11.3 Å². The average molecular weight is 352 g/mol. The summed E-state index contributed by atoms with van der Waals surface area (Å²) >= 11 is 1.55. The molecule has 0 bridgehead atoms. The summed E-state index contributed by atoms with van der Waals surface area (Å²) in [5, 5.41) is 21.7. The Morgan fingerprint density at radius 1 is 1.36 bits per heavy atom. The number of benzene rings is 1. The summed E-state index contributed by atoms with van der Waals surface area (Å²) in [7, 11) is 1.74. The fourth-order valence-electron chi connectivity index (χ4n) is 2.63. The molecule has 126 valence electrons. The molecule has 0 aliphatic heterocycles. The second-order valence-electron chi connectivity index (χ2n) is 5.37. The molecular formula is C18H16N4O2S. The molecule has 0 radical (unpaired) electrons. The Morgan fingerprint density at radius 2 is 2.12 bits per heavy atom. The van der Waals surface area contributed by atoms with Crippen molar-refractivity contribution in [2.75, 3.05) is 12.4 Å². The van der Waals surface area contributed by atoms with Crippen molar-refractivity contribution < 1.29 is 9.90 Å². The quantitative estimate of drug-likeness (QED) is 0.589. The molecule has 0 aliphatic carbocycles. The minimum absolute atomic E-state index is 0.0633. The standard InChI is InChI=1S/C18H16N4O2S/c1-20-17-13(7-14(18(23)24)22-15(17)8-19)6-11-2-4-12(5-3-11)16-9-25-10-21-16/h2-5,7-10,19-20H,6H2,1H3,(H,23,24). The highest BCUT2D eigenvalue weighted by Crippen LogP contribution is 2.25. The highest BCUT2D eigenvalue weighted by molar-refractivity contribution is 7.07. The van der Waals surface area contributed by atoms with E-state index in [2.05, 4.69) is 15.3 Å². The van der Waals surface area contributed by atoms with Crippen molar-refractivity contribution in [1.29, 1.82) is 5.41 Å². The first-order valence-electron chi connectivity index (χ1n) is 7.55. The van der Waals surface area contributed by atoms with E-state index in [-0.39, 0.29) is 5.69 Å². The highest BCUT2D eigenvalue weighted by atomic mass is 32.1. The number of pyridine rings is 1. The van der Waals surface area contributed by atoms with Crippen molar-refractivity contribution in [2.24, 2.45) is 0 Å². The van der Waals surface area contributed by atoms with Crippen molar-refractivity contribution in [1.82, 2.24) is 9.97 Å². The molecule has 0 spiro atoms. The molecule has 25 heavy (non-hydrogen) atoms. The van der Waals surface area contributed by atoms with Crippen LogP contribution in [-0.2, 0) is 6.42 Å². The molecule has 3 N–H and O–H groups in total. The highest BCUT2D eigenvalue weighted by Gasteiger charge is 2.14. The van der Waals surface area contributed by atoms with Crippen LogP contribution in [0.5, 0.6) is 0 Å². The van der Waals surface area contributed by atoms with E-state index in [0.717, 1.165) is 28.6 Å². The predicted molar refractivity (Wildman–Crippen MR) is 99.0 cm³/mol. The van der Waals surface area contributed by atoms with Gasteiger partial charge in [0.25, 0.3) is 0 Å². The Morgan fingerprint density at radius 3 is 2.68 bits per heavy atom. The third-order valence-corrected chi connectivity index (χ3v) is 4.40. The zero-order valence-electron chi connectivity index (χ0n) is 13.5. The average Bonchev–Trinajstić information content (AvgIpc) is 3.16. The normalized spacial score (nSPS) is 10.4. The van der Waals surface area contributed by atoms with E-state index in [1.165, 1.54) is 0 Å². The lowest BCUT2D eigenvalue weighted by molar-refractivity contribution is 0.0690. The van der Waals surface area contributed by atoms with E-state index in [4.69, 9.17) is 5.41 Å². The first-order chi connectivity index (χ1) is 12.1. The summed E-state index contributed by atoms with van der Waals surface area (Å²) in [5.41, 5.74) is 6.53. The van der Waals surface area contributed by atoms with E-state index >= 15 is 0 Å². The molecule has 0 fully saturated rings. The first-order valence-corrected chi connectivity index (χ1v) is 8.49. The Balaban J connectivity index is 1.95. The van der Waals surface area contributed by atoms with Crippen LogP contribution in [0.25, 0.3) is 11.3 Å². The van der Waals surface area contributed by atoms with Crippen LogP contribution in [0.15, 0.2) is 41.2 Å². The molecule has 0 saturated carbocycles. The van der Waals surface area contributed by atoms with E-state index < -0.39 is 5.97 Å². The first kappa shape index (κ1) is 16.8. The monoisotopic (exact) mass is 352 g/mol. The van der Waals surface area contributed by atoms with Gasteiger partial charge in [-0.25, -0.2) is 14.8 Å². The molecule has 0 saturated heterocycles. The number of rotatable bonds is 6. The van der Waals surface area contributed by atoms with Crippen molar-refractivity contribution in [3.63, 3.8) is 0 Å². The summed E-state index contributed by atoms with van der Waals surface area (Å²) in [6, 6.07) is 9.55. The van der Waals surface area contributed by atoms with Gasteiger partial charge >= 0.3 is 5.97 Å². The number of nitrogens with zero attached hydrogens (tertiary/aromatic N) is 2. The van der Waals surface area contributed by atoms with E-state index in [0.29, 0.717) is 17.8 Å². The van der Waals surface area contributed by atoms with Crippen molar-refractivity contribution in [3.8, 4) is 11.3 Å². The summed E-state index contributed by atoms with van der Waals surface area (Å²) in [5.74, 6) is -1.11. The predicted octanol–water partition coefficient (Wildman–Crippen LogP) is 3.53. The van der Waals surface area contributed by atoms with Gasteiger partial charge in [0.15, 0.2) is 0 Å². The number of aromatic carboxylic acids is 1. The second kappa shape index (κ2) is 7.23. The molecule has 7 heteroatoms. The lowest BCUT2D eigenvalue weighted by Crippen LogP contribution is -2.09. The molecule has 2 aromatic heterocycles. The maximum atomic E-state index is 11.3. The number of hydrogen-bond donors (Lipinski definition) is 3. The Hall–Kier alpha value is -3.06. The lowest BCUT2D eigenvalue weighted by atomic mass is 10.0. The summed E-state index contributed by atoms with van der Waals surface area (Å²) < 4.78 is 0. The molecule has 2 heterocycles. The molecule has 3 aromatic rings. The lowest BCUT2D eigenvalue weighted by Gasteiger charge is -2.13.